The predicted molar refractivity (Wildman–Crippen MR) is 54.4 cm³/mol. The second-order valence-corrected chi connectivity index (χ2v) is 4.53. The van der Waals surface area contributed by atoms with Crippen LogP contribution in [0.3, 0.4) is 0 Å². The summed E-state index contributed by atoms with van der Waals surface area (Å²) >= 11 is 0. The smallest absolute Gasteiger partial charge is 0.306 e. The summed E-state index contributed by atoms with van der Waals surface area (Å²) in [5.41, 5.74) is 0. The minimum absolute atomic E-state index is 0.0523. The zero-order valence-electron chi connectivity index (χ0n) is 9.02. The van der Waals surface area contributed by atoms with Crippen molar-refractivity contribution in [2.24, 2.45) is 11.8 Å². The van der Waals surface area contributed by atoms with Gasteiger partial charge >= 0.3 is 5.97 Å². The van der Waals surface area contributed by atoms with E-state index in [0.29, 0.717) is 13.0 Å². The third kappa shape index (κ3) is 1.94. The highest BCUT2D eigenvalue weighted by atomic mass is 16.4. The fourth-order valence-corrected chi connectivity index (χ4v) is 2.64. The number of carbonyl (C=O) groups excluding carboxylic acids is 2. The molecule has 0 aromatic rings. The first kappa shape index (κ1) is 11.1. The molecule has 2 atom stereocenters. The van der Waals surface area contributed by atoms with Crippen molar-refractivity contribution in [2.75, 3.05) is 6.54 Å². The molecule has 0 spiro atoms. The summed E-state index contributed by atoms with van der Waals surface area (Å²) in [6.45, 7) is 0.300. The number of amides is 2. The Morgan fingerprint density at radius 3 is 2.44 bits per heavy atom. The summed E-state index contributed by atoms with van der Waals surface area (Å²) in [6, 6.07) is 0. The van der Waals surface area contributed by atoms with E-state index in [4.69, 9.17) is 5.11 Å². The van der Waals surface area contributed by atoms with E-state index in [1.165, 1.54) is 4.90 Å². The lowest BCUT2D eigenvalue weighted by Gasteiger charge is -2.21. The number of aliphatic carboxylic acids is 1. The van der Waals surface area contributed by atoms with Gasteiger partial charge in [0.1, 0.15) is 0 Å². The van der Waals surface area contributed by atoms with Crippen molar-refractivity contribution in [3.8, 4) is 0 Å². The highest BCUT2D eigenvalue weighted by molar-refractivity contribution is 6.01. The molecule has 2 fully saturated rings. The maximum Gasteiger partial charge on any atom is 0.306 e. The van der Waals surface area contributed by atoms with Gasteiger partial charge in [-0.05, 0) is 18.8 Å². The number of imide groups is 1. The number of nitrogens with zero attached hydrogens (tertiary/aromatic N) is 1. The second kappa shape index (κ2) is 4.23. The molecule has 1 saturated carbocycles. The molecule has 0 aromatic heterocycles. The van der Waals surface area contributed by atoms with Gasteiger partial charge in [0.25, 0.3) is 0 Å². The van der Waals surface area contributed by atoms with Crippen LogP contribution in [0.25, 0.3) is 0 Å². The summed E-state index contributed by atoms with van der Waals surface area (Å²) in [5, 5.41) is 9.00. The van der Waals surface area contributed by atoms with Gasteiger partial charge in [-0.25, -0.2) is 0 Å². The maximum atomic E-state index is 11.4. The van der Waals surface area contributed by atoms with E-state index < -0.39 is 5.97 Å². The number of hydrogen-bond donors (Lipinski definition) is 1. The van der Waals surface area contributed by atoms with Crippen molar-refractivity contribution >= 4 is 17.8 Å². The molecule has 1 heterocycles. The van der Waals surface area contributed by atoms with E-state index in [1.54, 1.807) is 0 Å². The van der Waals surface area contributed by atoms with Crippen LogP contribution >= 0.6 is 0 Å². The zero-order valence-corrected chi connectivity index (χ0v) is 9.02. The van der Waals surface area contributed by atoms with Crippen LogP contribution in [0, 0.1) is 11.8 Å². The topological polar surface area (TPSA) is 74.7 Å². The van der Waals surface area contributed by atoms with Gasteiger partial charge in [0.05, 0.1) is 5.92 Å². The summed E-state index contributed by atoms with van der Waals surface area (Å²) in [4.78, 5) is 35.0. The van der Waals surface area contributed by atoms with Crippen LogP contribution in [0.5, 0.6) is 0 Å². The molecule has 1 saturated heterocycles. The summed E-state index contributed by atoms with van der Waals surface area (Å²) in [6.07, 6.45) is 2.90. The average molecular weight is 225 g/mol. The molecule has 1 N–H and O–H groups in total. The highest BCUT2D eigenvalue weighted by Crippen LogP contribution is 2.33. The van der Waals surface area contributed by atoms with Crippen molar-refractivity contribution in [1.29, 1.82) is 0 Å². The fraction of sp³-hybridized carbons (Fsp3) is 0.727. The molecule has 5 heteroatoms. The Bertz CT molecular complexity index is 323. The third-order valence-electron chi connectivity index (χ3n) is 3.55. The minimum Gasteiger partial charge on any atom is -0.481 e. The average Bonchev–Trinajstić information content (AvgIpc) is 2.80. The maximum absolute atomic E-state index is 11.4. The molecule has 1 aliphatic carbocycles. The Morgan fingerprint density at radius 1 is 1.25 bits per heavy atom. The van der Waals surface area contributed by atoms with Crippen LogP contribution in [-0.2, 0) is 14.4 Å². The molecule has 1 aliphatic heterocycles. The number of likely N-dealkylation sites (tertiary alicyclic amines) is 1. The lowest BCUT2D eigenvalue weighted by Crippen LogP contribution is -2.36. The van der Waals surface area contributed by atoms with Gasteiger partial charge in [0.15, 0.2) is 0 Å². The van der Waals surface area contributed by atoms with Crippen LogP contribution in [0.15, 0.2) is 0 Å². The third-order valence-corrected chi connectivity index (χ3v) is 3.55. The largest absolute Gasteiger partial charge is 0.481 e. The van der Waals surface area contributed by atoms with Gasteiger partial charge < -0.3 is 5.11 Å². The van der Waals surface area contributed by atoms with Crippen LogP contribution in [-0.4, -0.2) is 34.3 Å². The van der Waals surface area contributed by atoms with Crippen molar-refractivity contribution in [2.45, 2.75) is 32.1 Å². The fourth-order valence-electron chi connectivity index (χ4n) is 2.64. The van der Waals surface area contributed by atoms with Crippen molar-refractivity contribution < 1.29 is 19.5 Å². The quantitative estimate of drug-likeness (QED) is 0.715. The molecule has 0 radical (unpaired) electrons. The van der Waals surface area contributed by atoms with Gasteiger partial charge in [0.2, 0.25) is 11.8 Å². The number of carboxylic acids is 1. The van der Waals surface area contributed by atoms with Gasteiger partial charge in [-0.15, -0.1) is 0 Å². The molecule has 88 valence electrons. The molecule has 0 bridgehead atoms. The molecule has 2 rings (SSSR count). The van der Waals surface area contributed by atoms with E-state index >= 15 is 0 Å². The van der Waals surface area contributed by atoms with Gasteiger partial charge in [-0.1, -0.05) is 6.42 Å². The molecular weight excluding hydrogens is 210 g/mol. The van der Waals surface area contributed by atoms with E-state index in [0.717, 1.165) is 12.8 Å². The molecule has 16 heavy (non-hydrogen) atoms. The lowest BCUT2D eigenvalue weighted by atomic mass is 9.96. The molecule has 0 aromatic carbocycles. The Kier molecular flexibility index (Phi) is 2.94. The summed E-state index contributed by atoms with van der Waals surface area (Å²) in [7, 11) is 0. The number of carbonyl (C=O) groups is 3. The summed E-state index contributed by atoms with van der Waals surface area (Å²) in [5.74, 6) is -1.55. The molecule has 2 aliphatic rings. The van der Waals surface area contributed by atoms with E-state index in [9.17, 15) is 14.4 Å². The van der Waals surface area contributed by atoms with Crippen LogP contribution in [0.1, 0.15) is 32.1 Å². The SMILES string of the molecule is O=C(O)C1CCCC1CN1C(=O)CCC1=O. The van der Waals surface area contributed by atoms with Crippen LogP contribution in [0.4, 0.5) is 0 Å². The van der Waals surface area contributed by atoms with Crippen LogP contribution in [0.2, 0.25) is 0 Å². The Balaban J connectivity index is 2.01. The van der Waals surface area contributed by atoms with Gasteiger partial charge in [-0.2, -0.15) is 0 Å². The minimum atomic E-state index is -0.804. The van der Waals surface area contributed by atoms with Gasteiger partial charge in [0, 0.05) is 19.4 Å². The monoisotopic (exact) mass is 225 g/mol. The van der Waals surface area contributed by atoms with E-state index in [-0.39, 0.29) is 36.5 Å². The van der Waals surface area contributed by atoms with Crippen molar-refractivity contribution in [3.05, 3.63) is 0 Å². The van der Waals surface area contributed by atoms with E-state index in [1.807, 2.05) is 0 Å². The Morgan fingerprint density at radius 2 is 1.88 bits per heavy atom. The Hall–Kier alpha value is -1.39. The van der Waals surface area contributed by atoms with Crippen molar-refractivity contribution in [1.82, 2.24) is 4.90 Å². The first-order valence-corrected chi connectivity index (χ1v) is 5.65. The molecular formula is C11H15NO4. The molecule has 5 nitrogen and oxygen atoms in total. The second-order valence-electron chi connectivity index (χ2n) is 4.53. The van der Waals surface area contributed by atoms with Crippen molar-refractivity contribution in [3.63, 3.8) is 0 Å². The van der Waals surface area contributed by atoms with E-state index in [2.05, 4.69) is 0 Å². The normalized spacial score (nSPS) is 30.1. The summed E-state index contributed by atoms with van der Waals surface area (Å²) < 4.78 is 0. The highest BCUT2D eigenvalue weighted by Gasteiger charge is 2.38. The number of carboxylic acid groups (broad SMARTS) is 1. The first-order chi connectivity index (χ1) is 7.59. The lowest BCUT2D eigenvalue weighted by molar-refractivity contribution is -0.146. The predicted octanol–water partition coefficient (Wildman–Crippen LogP) is 0.636. The number of rotatable bonds is 3. The van der Waals surface area contributed by atoms with Crippen LogP contribution < -0.4 is 0 Å². The molecule has 2 unspecified atom stereocenters. The van der Waals surface area contributed by atoms with Gasteiger partial charge in [-0.3, -0.25) is 19.3 Å². The zero-order chi connectivity index (χ0) is 11.7. The first-order valence-electron chi connectivity index (χ1n) is 5.65. The molecule has 2 amide bonds. The Labute approximate surface area is 93.4 Å². The number of hydrogen-bond acceptors (Lipinski definition) is 3. The standard InChI is InChI=1S/C11H15NO4/c13-9-4-5-10(14)12(9)6-7-2-1-3-8(7)11(15)16/h7-8H,1-6H2,(H,15,16).